The number of thiazole rings is 1. The maximum Gasteiger partial charge on any atom is 0.273 e. The molecule has 1 amide bonds. The van der Waals surface area contributed by atoms with Gasteiger partial charge in [-0.25, -0.2) is 4.68 Å². The molecule has 0 unspecified atom stereocenters. The summed E-state index contributed by atoms with van der Waals surface area (Å²) >= 11 is 1.13. The molecule has 46 heavy (non-hydrogen) atoms. The van der Waals surface area contributed by atoms with Gasteiger partial charge in [0.25, 0.3) is 11.5 Å². The smallest absolute Gasteiger partial charge is 0.273 e. The Morgan fingerprint density at radius 3 is 2.46 bits per heavy atom. The molecule has 0 radical (unpaired) electrons. The Bertz CT molecular complexity index is 2090. The lowest BCUT2D eigenvalue weighted by Crippen LogP contribution is -2.42. The third-order valence-electron chi connectivity index (χ3n) is 7.88. The van der Waals surface area contributed by atoms with Crippen LogP contribution in [-0.4, -0.2) is 64.5 Å². The van der Waals surface area contributed by atoms with Crippen LogP contribution >= 0.6 is 11.3 Å². The number of hydrogen-bond donors (Lipinski definition) is 1. The molecule has 1 saturated heterocycles. The fourth-order valence-electron chi connectivity index (χ4n) is 5.53. The maximum atomic E-state index is 14.3. The largest absolute Gasteiger partial charge is 0.379 e. The van der Waals surface area contributed by atoms with Crippen molar-refractivity contribution in [1.29, 1.82) is 5.26 Å². The van der Waals surface area contributed by atoms with Crippen molar-refractivity contribution in [2.24, 2.45) is 0 Å². The van der Waals surface area contributed by atoms with Gasteiger partial charge in [0, 0.05) is 43.5 Å². The second-order valence-corrected chi connectivity index (χ2v) is 12.2. The molecule has 1 aliphatic heterocycles. The summed E-state index contributed by atoms with van der Waals surface area (Å²) in [6, 6.07) is 27.4. The molecular formula is C36H34N6O3S. The predicted molar refractivity (Wildman–Crippen MR) is 180 cm³/mol. The van der Waals surface area contributed by atoms with Gasteiger partial charge >= 0.3 is 0 Å². The summed E-state index contributed by atoms with van der Waals surface area (Å²) in [5.74, 6) is -0.510. The number of nitrogens with one attached hydrogen (secondary N) is 1. The van der Waals surface area contributed by atoms with Crippen LogP contribution in [0.5, 0.6) is 0 Å². The van der Waals surface area contributed by atoms with Crippen molar-refractivity contribution < 1.29 is 9.53 Å². The minimum Gasteiger partial charge on any atom is -0.379 e. The third-order valence-corrected chi connectivity index (χ3v) is 8.98. The quantitative estimate of drug-likeness (QED) is 0.282. The van der Waals surface area contributed by atoms with E-state index in [-0.39, 0.29) is 15.8 Å². The summed E-state index contributed by atoms with van der Waals surface area (Å²) in [6.07, 6.45) is 3.70. The lowest BCUT2D eigenvalue weighted by Gasteiger charge is -2.26. The Kier molecular flexibility index (Phi) is 9.36. The average Bonchev–Trinajstić information content (AvgIpc) is 3.64. The van der Waals surface area contributed by atoms with Crippen LogP contribution in [0.2, 0.25) is 0 Å². The number of amides is 1. The first-order valence-corrected chi connectivity index (χ1v) is 16.0. The number of carbonyl (C=O) groups is 1. The zero-order valence-electron chi connectivity index (χ0n) is 25.8. The number of hydrogen-bond acceptors (Lipinski definition) is 7. The number of benzene rings is 3. The van der Waals surface area contributed by atoms with Gasteiger partial charge in [-0.05, 0) is 43.7 Å². The van der Waals surface area contributed by atoms with Crippen molar-refractivity contribution in [3.8, 4) is 28.7 Å². The molecule has 10 heteroatoms. The normalized spacial score (nSPS) is 14.6. The monoisotopic (exact) mass is 630 g/mol. The Morgan fingerprint density at radius 2 is 1.76 bits per heavy atom. The van der Waals surface area contributed by atoms with E-state index in [9.17, 15) is 14.9 Å². The first-order chi connectivity index (χ1) is 22.4. The molecule has 6 rings (SSSR count). The molecule has 1 N–H and O–H groups in total. The van der Waals surface area contributed by atoms with E-state index in [1.54, 1.807) is 10.8 Å². The number of aromatic nitrogens is 3. The van der Waals surface area contributed by atoms with E-state index < -0.39 is 5.91 Å². The van der Waals surface area contributed by atoms with Crippen molar-refractivity contribution in [3.63, 3.8) is 0 Å². The first kappa shape index (κ1) is 30.9. The highest BCUT2D eigenvalue weighted by molar-refractivity contribution is 7.07. The maximum absolute atomic E-state index is 14.3. The van der Waals surface area contributed by atoms with Gasteiger partial charge < -0.3 is 10.1 Å². The van der Waals surface area contributed by atoms with Gasteiger partial charge in [-0.3, -0.25) is 19.1 Å². The first-order valence-electron chi connectivity index (χ1n) is 15.2. The molecule has 0 saturated carbocycles. The molecule has 232 valence electrons. The number of ether oxygens (including phenoxy) is 1. The van der Waals surface area contributed by atoms with E-state index in [0.29, 0.717) is 42.2 Å². The summed E-state index contributed by atoms with van der Waals surface area (Å²) in [6.45, 7) is 7.85. The van der Waals surface area contributed by atoms with Crippen molar-refractivity contribution in [2.75, 3.05) is 39.4 Å². The molecule has 0 aliphatic carbocycles. The van der Waals surface area contributed by atoms with Crippen LogP contribution in [0.15, 0.2) is 89.9 Å². The van der Waals surface area contributed by atoms with Crippen LogP contribution in [0.25, 0.3) is 34.3 Å². The van der Waals surface area contributed by atoms with E-state index in [2.05, 4.69) is 16.3 Å². The van der Waals surface area contributed by atoms with Crippen molar-refractivity contribution in [3.05, 3.63) is 121 Å². The highest BCUT2D eigenvalue weighted by atomic mass is 32.1. The van der Waals surface area contributed by atoms with Gasteiger partial charge in [0.2, 0.25) is 0 Å². The Labute approximate surface area is 270 Å². The molecule has 2 aromatic heterocycles. The zero-order chi connectivity index (χ0) is 32.0. The van der Waals surface area contributed by atoms with Crippen molar-refractivity contribution >= 4 is 28.9 Å². The zero-order valence-corrected chi connectivity index (χ0v) is 26.6. The second kappa shape index (κ2) is 13.9. The fourth-order valence-corrected chi connectivity index (χ4v) is 6.61. The predicted octanol–water partition coefficient (Wildman–Crippen LogP) is 3.32. The second-order valence-electron chi connectivity index (χ2n) is 11.1. The molecule has 0 atom stereocenters. The molecule has 1 aliphatic rings. The van der Waals surface area contributed by atoms with E-state index in [1.165, 1.54) is 4.57 Å². The number of rotatable bonds is 8. The average molecular weight is 631 g/mol. The number of para-hydroxylation sites is 1. The van der Waals surface area contributed by atoms with Crippen molar-refractivity contribution in [1.82, 2.24) is 24.6 Å². The Hall–Kier alpha value is -5.08. The molecule has 1 fully saturated rings. The lowest BCUT2D eigenvalue weighted by molar-refractivity contribution is -0.115. The Morgan fingerprint density at radius 1 is 1.04 bits per heavy atom. The Balaban J connectivity index is 1.50. The van der Waals surface area contributed by atoms with Crippen LogP contribution < -0.4 is 20.1 Å². The third kappa shape index (κ3) is 6.62. The van der Waals surface area contributed by atoms with Gasteiger partial charge in [-0.15, -0.1) is 11.3 Å². The summed E-state index contributed by atoms with van der Waals surface area (Å²) in [7, 11) is 0. The highest BCUT2D eigenvalue weighted by Crippen LogP contribution is 2.24. The summed E-state index contributed by atoms with van der Waals surface area (Å²) in [5, 5.41) is 18.1. The number of nitriles is 1. The number of aryl methyl sites for hydroxylation is 2. The number of nitrogens with zero attached hydrogens (tertiary/aromatic N) is 5. The number of morpholine rings is 1. The SMILES string of the molecule is Cc1ccc(-n2c(=C(C#N)C(=O)NCCN3CCOCC3)sc(=Cc3cn(-c4ccccc4)nc3-c3ccccc3)c2=O)c(C)c1. The molecule has 5 aromatic rings. The standard InChI is InChI=1S/C36H34N6O3S/c1-25-13-14-31(26(2)21-25)42-35(44)32(46-36(42)30(23-37)34(43)38-15-16-40-17-19-45-20-18-40)22-28-24-41(29-11-7-4-8-12-29)39-33(28)27-9-5-3-6-10-27/h3-14,21-22,24H,15-20H2,1-2H3,(H,38,43). The summed E-state index contributed by atoms with van der Waals surface area (Å²) < 4.78 is 9.36. The van der Waals surface area contributed by atoms with E-state index in [1.807, 2.05) is 98.9 Å². The van der Waals surface area contributed by atoms with Gasteiger partial charge in [-0.2, -0.15) is 10.4 Å². The van der Waals surface area contributed by atoms with E-state index in [4.69, 9.17) is 9.84 Å². The molecular weight excluding hydrogens is 597 g/mol. The topological polar surface area (TPSA) is 105 Å². The van der Waals surface area contributed by atoms with Gasteiger partial charge in [0.1, 0.15) is 10.7 Å². The molecule has 3 aromatic carbocycles. The van der Waals surface area contributed by atoms with E-state index in [0.717, 1.165) is 52.4 Å². The van der Waals surface area contributed by atoms with Crippen LogP contribution in [0.3, 0.4) is 0 Å². The summed E-state index contributed by atoms with van der Waals surface area (Å²) in [5.41, 5.74) is 5.34. The van der Waals surface area contributed by atoms with Crippen LogP contribution in [0.1, 0.15) is 16.7 Å². The molecule has 3 heterocycles. The molecule has 0 bridgehead atoms. The molecule has 9 nitrogen and oxygen atoms in total. The highest BCUT2D eigenvalue weighted by Gasteiger charge is 2.19. The minimum absolute atomic E-state index is 0.105. The van der Waals surface area contributed by atoms with E-state index >= 15 is 0 Å². The molecule has 0 spiro atoms. The van der Waals surface area contributed by atoms with Crippen molar-refractivity contribution in [2.45, 2.75) is 13.8 Å². The van der Waals surface area contributed by atoms with Crippen LogP contribution in [0, 0.1) is 25.2 Å². The number of carbonyl (C=O) groups excluding carboxylic acids is 1. The van der Waals surface area contributed by atoms with Gasteiger partial charge in [0.15, 0.2) is 5.57 Å². The fraction of sp³-hybridized carbons (Fsp3) is 0.222. The lowest BCUT2D eigenvalue weighted by atomic mass is 10.1. The van der Waals surface area contributed by atoms with Crippen LogP contribution in [-0.2, 0) is 9.53 Å². The minimum atomic E-state index is -0.510. The summed E-state index contributed by atoms with van der Waals surface area (Å²) in [4.78, 5) is 29.9. The van der Waals surface area contributed by atoms with Crippen LogP contribution in [0.4, 0.5) is 0 Å². The van der Waals surface area contributed by atoms with Gasteiger partial charge in [-0.1, -0.05) is 66.2 Å². The van der Waals surface area contributed by atoms with Gasteiger partial charge in [0.05, 0.1) is 34.8 Å².